The van der Waals surface area contributed by atoms with Crippen LogP contribution in [0, 0.1) is 11.3 Å². The van der Waals surface area contributed by atoms with Gasteiger partial charge in [-0.25, -0.2) is 15.0 Å². The largest absolute Gasteiger partial charge is 0.455 e. The first-order valence-electron chi connectivity index (χ1n) is 24.6. The fraction of sp³-hybridized carbons (Fsp3) is 0.0154. The second-order valence-electron chi connectivity index (χ2n) is 18.9. The Morgan fingerprint density at radius 2 is 0.868 bits per heavy atom. The molecule has 0 atom stereocenters. The van der Waals surface area contributed by atoms with Crippen molar-refractivity contribution < 1.29 is 22.0 Å². The predicted molar refractivity (Wildman–Crippen MR) is 295 cm³/mol. The maximum atomic E-state index is 15.5. The van der Waals surface area contributed by atoms with E-state index in [-0.39, 0.29) is 17.3 Å². The SMILES string of the molecule is N#Cc1ccccc1-c1ccc(-c2nc(-c3ccccc3)nc(-c3ccc(C(F)(F)F)c(-n4c5ccccc5c5c6oc7ccccc7c6ccc54)c3)n2)cc1-n1c2ccccc2c2c3oc4ccccc4c3ccc21. The molecule has 11 heteroatoms. The normalized spacial score (nSPS) is 12.1. The van der Waals surface area contributed by atoms with Gasteiger partial charge in [0, 0.05) is 60.1 Å². The predicted octanol–water partition coefficient (Wildman–Crippen LogP) is 17.4. The summed E-state index contributed by atoms with van der Waals surface area (Å²) in [5.41, 5.74) is 9.20. The summed E-state index contributed by atoms with van der Waals surface area (Å²) in [7, 11) is 0. The molecule has 8 nitrogen and oxygen atoms in total. The van der Waals surface area contributed by atoms with Gasteiger partial charge >= 0.3 is 6.18 Å². The van der Waals surface area contributed by atoms with Crippen LogP contribution in [-0.4, -0.2) is 24.1 Å². The first-order valence-corrected chi connectivity index (χ1v) is 24.6. The number of nitriles is 1. The molecule has 0 aliphatic heterocycles. The monoisotopic (exact) mass is 988 g/mol. The molecule has 15 aromatic rings. The highest BCUT2D eigenvalue weighted by Gasteiger charge is 2.36. The number of alkyl halides is 3. The van der Waals surface area contributed by atoms with Gasteiger partial charge in [-0.3, -0.25) is 0 Å². The molecule has 5 heterocycles. The molecule has 5 aromatic heterocycles. The van der Waals surface area contributed by atoms with Gasteiger partial charge in [0.15, 0.2) is 17.5 Å². The van der Waals surface area contributed by atoms with Gasteiger partial charge in [-0.05, 0) is 72.8 Å². The van der Waals surface area contributed by atoms with Crippen molar-refractivity contribution in [2.45, 2.75) is 6.18 Å². The molecule has 0 radical (unpaired) electrons. The number of furan rings is 2. The summed E-state index contributed by atoms with van der Waals surface area (Å²) in [6, 6.07) is 68.7. The van der Waals surface area contributed by atoms with Gasteiger partial charge in [-0.1, -0.05) is 140 Å². The average Bonchev–Trinajstić information content (AvgIpc) is 4.35. The van der Waals surface area contributed by atoms with Crippen LogP contribution in [0.3, 0.4) is 0 Å². The van der Waals surface area contributed by atoms with E-state index in [0.29, 0.717) is 55.7 Å². The topological polar surface area (TPSA) is 98.6 Å². The Hall–Kier alpha value is -10.3. The van der Waals surface area contributed by atoms with Crippen LogP contribution in [0.4, 0.5) is 13.2 Å². The molecule has 0 aliphatic rings. The van der Waals surface area contributed by atoms with Gasteiger partial charge in [0.2, 0.25) is 0 Å². The van der Waals surface area contributed by atoms with Gasteiger partial charge in [0.25, 0.3) is 0 Å². The van der Waals surface area contributed by atoms with Crippen LogP contribution in [0.25, 0.3) is 144 Å². The zero-order chi connectivity index (χ0) is 50.8. The minimum Gasteiger partial charge on any atom is -0.455 e. The average molecular weight is 989 g/mol. The molecule has 0 unspecified atom stereocenters. The van der Waals surface area contributed by atoms with Crippen molar-refractivity contribution in [1.29, 1.82) is 5.26 Å². The maximum Gasteiger partial charge on any atom is 0.418 e. The summed E-state index contributed by atoms with van der Waals surface area (Å²) in [6.45, 7) is 0. The molecular weight excluding hydrogens is 954 g/mol. The number of aromatic nitrogens is 5. The van der Waals surface area contributed by atoms with E-state index in [4.69, 9.17) is 23.8 Å². The molecule has 0 bridgehead atoms. The third-order valence-electron chi connectivity index (χ3n) is 14.7. The van der Waals surface area contributed by atoms with Gasteiger partial charge in [0.1, 0.15) is 22.3 Å². The van der Waals surface area contributed by atoms with E-state index < -0.39 is 11.7 Å². The minimum absolute atomic E-state index is 0.0948. The first-order chi connectivity index (χ1) is 37.3. The van der Waals surface area contributed by atoms with Crippen molar-refractivity contribution >= 4 is 87.5 Å². The highest BCUT2D eigenvalue weighted by atomic mass is 19.4. The third-order valence-corrected chi connectivity index (χ3v) is 14.7. The number of para-hydroxylation sites is 4. The number of hydrogen-bond donors (Lipinski definition) is 0. The standard InChI is InChI=1S/C65H35F3N6O2/c66-65(67,68)49-31-27-39(35-55(49)74-51-23-11-7-21-48(51)59-53(74)33-30-46-44-19-9-13-25-57(44)76-61(46)59)64-71-62(37-14-2-1-3-15-37)70-63(72-64)38-26-28-42(41-17-5-4-16-40(41)36-69)54(34-38)73-50-22-10-6-20-47(50)58-52(73)32-29-45-43-18-8-12-24-56(43)75-60(45)58/h1-35H. The molecular formula is C65H35F3N6O2. The number of hydrogen-bond acceptors (Lipinski definition) is 6. The molecule has 0 fully saturated rings. The Labute approximate surface area is 429 Å². The maximum absolute atomic E-state index is 15.5. The number of benzene rings is 10. The van der Waals surface area contributed by atoms with Crippen LogP contribution in [0.1, 0.15) is 11.1 Å². The van der Waals surface area contributed by atoms with Crippen molar-refractivity contribution in [2.24, 2.45) is 0 Å². The lowest BCUT2D eigenvalue weighted by Gasteiger charge is -2.18. The summed E-state index contributed by atoms with van der Waals surface area (Å²) in [5.74, 6) is 0.788. The van der Waals surface area contributed by atoms with Crippen molar-refractivity contribution in [3.63, 3.8) is 0 Å². The number of fused-ring (bicyclic) bond motifs is 14. The van der Waals surface area contributed by atoms with Gasteiger partial charge in [-0.2, -0.15) is 18.4 Å². The van der Waals surface area contributed by atoms with E-state index in [9.17, 15) is 5.26 Å². The molecule has 0 spiro atoms. The summed E-state index contributed by atoms with van der Waals surface area (Å²) in [4.78, 5) is 15.3. The zero-order valence-electron chi connectivity index (χ0n) is 39.8. The second-order valence-corrected chi connectivity index (χ2v) is 18.9. The van der Waals surface area contributed by atoms with E-state index in [1.165, 1.54) is 12.1 Å². The zero-order valence-corrected chi connectivity index (χ0v) is 39.8. The van der Waals surface area contributed by atoms with E-state index in [2.05, 4.69) is 41.0 Å². The Morgan fingerprint density at radius 3 is 1.45 bits per heavy atom. The van der Waals surface area contributed by atoms with E-state index in [0.717, 1.165) is 82.8 Å². The minimum atomic E-state index is -4.74. The fourth-order valence-corrected chi connectivity index (χ4v) is 11.3. The number of rotatable bonds is 6. The quantitative estimate of drug-likeness (QED) is 0.165. The van der Waals surface area contributed by atoms with Crippen LogP contribution >= 0.6 is 0 Å². The number of halogens is 3. The molecule has 0 aliphatic carbocycles. The van der Waals surface area contributed by atoms with Crippen LogP contribution in [-0.2, 0) is 6.18 Å². The van der Waals surface area contributed by atoms with E-state index >= 15 is 13.2 Å². The smallest absolute Gasteiger partial charge is 0.418 e. The van der Waals surface area contributed by atoms with Crippen LogP contribution < -0.4 is 0 Å². The molecule has 10 aromatic carbocycles. The molecule has 0 saturated heterocycles. The summed E-state index contributed by atoms with van der Waals surface area (Å²) in [5, 5.41) is 17.7. The summed E-state index contributed by atoms with van der Waals surface area (Å²) >= 11 is 0. The van der Waals surface area contributed by atoms with Crippen molar-refractivity contribution in [1.82, 2.24) is 24.1 Å². The number of nitrogens with zero attached hydrogens (tertiary/aromatic N) is 6. The molecule has 15 rings (SSSR count). The van der Waals surface area contributed by atoms with E-state index in [1.807, 2.05) is 158 Å². The molecule has 0 amide bonds. The molecule has 76 heavy (non-hydrogen) atoms. The highest BCUT2D eigenvalue weighted by molar-refractivity contribution is 6.25. The van der Waals surface area contributed by atoms with E-state index in [1.54, 1.807) is 10.6 Å². The van der Waals surface area contributed by atoms with Crippen LogP contribution in [0.15, 0.2) is 221 Å². The van der Waals surface area contributed by atoms with Gasteiger partial charge < -0.3 is 18.0 Å². The molecule has 0 N–H and O–H groups in total. The first kappa shape index (κ1) is 43.3. The van der Waals surface area contributed by atoms with Crippen molar-refractivity contribution in [2.75, 3.05) is 0 Å². The lowest BCUT2D eigenvalue weighted by atomic mass is 9.96. The van der Waals surface area contributed by atoms with Crippen LogP contribution in [0.2, 0.25) is 0 Å². The Bertz CT molecular complexity index is 4960. The Balaban J connectivity index is 0.980. The second kappa shape index (κ2) is 16.3. The fourth-order valence-electron chi connectivity index (χ4n) is 11.3. The summed E-state index contributed by atoms with van der Waals surface area (Å²) in [6.07, 6.45) is -4.74. The highest BCUT2D eigenvalue weighted by Crippen LogP contribution is 2.46. The third kappa shape index (κ3) is 6.47. The van der Waals surface area contributed by atoms with Crippen LogP contribution in [0.5, 0.6) is 0 Å². The Morgan fingerprint density at radius 1 is 0.395 bits per heavy atom. The van der Waals surface area contributed by atoms with Crippen molar-refractivity contribution in [3.05, 3.63) is 223 Å². The lowest BCUT2D eigenvalue weighted by Crippen LogP contribution is -2.11. The van der Waals surface area contributed by atoms with Crippen molar-refractivity contribution in [3.8, 4) is 62.7 Å². The molecule has 0 saturated carbocycles. The lowest BCUT2D eigenvalue weighted by molar-refractivity contribution is -0.137. The van der Waals surface area contributed by atoms with Gasteiger partial charge in [0.05, 0.1) is 61.4 Å². The van der Waals surface area contributed by atoms with Gasteiger partial charge in [-0.15, -0.1) is 0 Å². The molecule has 358 valence electrons. The Kier molecular flexibility index (Phi) is 9.31. The summed E-state index contributed by atoms with van der Waals surface area (Å²) < 4.78 is 63.6.